The lowest BCUT2D eigenvalue weighted by molar-refractivity contribution is 0.0962. The van der Waals surface area contributed by atoms with Gasteiger partial charge in [0.1, 0.15) is 5.75 Å². The standard InChI is InChI=1S/C15H16O2S/c1-11-4-3-5-13(10-11)17-8-6-15(16)14-7-9-18-12(14)2/h3-5,7,9-10H,6,8H2,1-2H3. The topological polar surface area (TPSA) is 26.3 Å². The van der Waals surface area contributed by atoms with E-state index in [2.05, 4.69) is 0 Å². The molecule has 3 heteroatoms. The fraction of sp³-hybridized carbons (Fsp3) is 0.267. The number of rotatable bonds is 5. The van der Waals surface area contributed by atoms with Crippen molar-refractivity contribution in [3.05, 3.63) is 51.7 Å². The summed E-state index contributed by atoms with van der Waals surface area (Å²) in [6.07, 6.45) is 0.422. The fourth-order valence-electron chi connectivity index (χ4n) is 1.78. The predicted molar refractivity (Wildman–Crippen MR) is 74.7 cm³/mol. The Morgan fingerprint density at radius 2 is 2.11 bits per heavy atom. The van der Waals surface area contributed by atoms with Gasteiger partial charge in [0.15, 0.2) is 5.78 Å². The fourth-order valence-corrected chi connectivity index (χ4v) is 2.49. The number of carbonyl (C=O) groups is 1. The third kappa shape index (κ3) is 3.20. The minimum Gasteiger partial charge on any atom is -0.493 e. The summed E-state index contributed by atoms with van der Waals surface area (Å²) in [4.78, 5) is 13.0. The molecule has 0 unspecified atom stereocenters. The second-order valence-corrected chi connectivity index (χ2v) is 5.35. The van der Waals surface area contributed by atoms with E-state index < -0.39 is 0 Å². The number of benzene rings is 1. The molecule has 0 bridgehead atoms. The Kier molecular flexibility index (Phi) is 4.15. The number of ketones is 1. The molecule has 0 aliphatic carbocycles. The van der Waals surface area contributed by atoms with Crippen molar-refractivity contribution in [3.8, 4) is 5.75 Å². The van der Waals surface area contributed by atoms with Gasteiger partial charge in [0.25, 0.3) is 0 Å². The SMILES string of the molecule is Cc1cccc(OCCC(=O)c2ccsc2C)c1. The molecule has 0 saturated heterocycles. The van der Waals surface area contributed by atoms with Crippen molar-refractivity contribution in [3.63, 3.8) is 0 Å². The Hall–Kier alpha value is -1.61. The van der Waals surface area contributed by atoms with E-state index >= 15 is 0 Å². The number of hydrogen-bond acceptors (Lipinski definition) is 3. The van der Waals surface area contributed by atoms with Crippen molar-refractivity contribution in [1.29, 1.82) is 0 Å². The van der Waals surface area contributed by atoms with Gasteiger partial charge in [-0.05, 0) is 43.0 Å². The molecule has 0 aliphatic rings. The normalized spacial score (nSPS) is 10.3. The van der Waals surface area contributed by atoms with Crippen LogP contribution in [0.2, 0.25) is 0 Å². The number of hydrogen-bond donors (Lipinski definition) is 0. The third-order valence-electron chi connectivity index (χ3n) is 2.75. The molecule has 0 fully saturated rings. The molecule has 1 heterocycles. The van der Waals surface area contributed by atoms with Gasteiger partial charge >= 0.3 is 0 Å². The molecule has 94 valence electrons. The zero-order chi connectivity index (χ0) is 13.0. The summed E-state index contributed by atoms with van der Waals surface area (Å²) in [5.74, 6) is 0.978. The average Bonchev–Trinajstić information content (AvgIpc) is 2.75. The van der Waals surface area contributed by atoms with Gasteiger partial charge in [0.05, 0.1) is 6.61 Å². The van der Waals surface area contributed by atoms with Crippen molar-refractivity contribution in [2.45, 2.75) is 20.3 Å². The summed E-state index contributed by atoms with van der Waals surface area (Å²) < 4.78 is 5.58. The molecule has 0 saturated carbocycles. The zero-order valence-electron chi connectivity index (χ0n) is 10.6. The van der Waals surface area contributed by atoms with E-state index in [1.54, 1.807) is 11.3 Å². The van der Waals surface area contributed by atoms with Crippen LogP contribution in [0.25, 0.3) is 0 Å². The number of ether oxygens (including phenoxy) is 1. The van der Waals surface area contributed by atoms with E-state index in [9.17, 15) is 4.79 Å². The van der Waals surface area contributed by atoms with Crippen molar-refractivity contribution in [2.24, 2.45) is 0 Å². The molecule has 1 aromatic heterocycles. The van der Waals surface area contributed by atoms with Crippen LogP contribution in [0.1, 0.15) is 27.2 Å². The monoisotopic (exact) mass is 260 g/mol. The van der Waals surface area contributed by atoms with Gasteiger partial charge < -0.3 is 4.74 Å². The van der Waals surface area contributed by atoms with Crippen LogP contribution < -0.4 is 4.74 Å². The Morgan fingerprint density at radius 3 is 2.78 bits per heavy atom. The largest absolute Gasteiger partial charge is 0.493 e. The molecule has 0 radical (unpaired) electrons. The number of aryl methyl sites for hydroxylation is 2. The van der Waals surface area contributed by atoms with Gasteiger partial charge in [-0.3, -0.25) is 4.79 Å². The van der Waals surface area contributed by atoms with Crippen molar-refractivity contribution in [2.75, 3.05) is 6.61 Å². The Labute approximate surface area is 111 Å². The van der Waals surface area contributed by atoms with Gasteiger partial charge in [-0.15, -0.1) is 11.3 Å². The van der Waals surface area contributed by atoms with Crippen LogP contribution in [0.3, 0.4) is 0 Å². The smallest absolute Gasteiger partial charge is 0.167 e. The number of thiophene rings is 1. The van der Waals surface area contributed by atoms with Crippen molar-refractivity contribution in [1.82, 2.24) is 0 Å². The lowest BCUT2D eigenvalue weighted by Gasteiger charge is -2.06. The van der Waals surface area contributed by atoms with Crippen LogP contribution in [0.4, 0.5) is 0 Å². The van der Waals surface area contributed by atoms with E-state index in [1.165, 1.54) is 0 Å². The summed E-state index contributed by atoms with van der Waals surface area (Å²) in [5.41, 5.74) is 1.99. The summed E-state index contributed by atoms with van der Waals surface area (Å²) in [6, 6.07) is 9.74. The van der Waals surface area contributed by atoms with Crippen LogP contribution in [0.15, 0.2) is 35.7 Å². The van der Waals surface area contributed by atoms with Crippen LogP contribution >= 0.6 is 11.3 Å². The molecule has 0 aliphatic heterocycles. The second kappa shape index (κ2) is 5.83. The molecule has 0 spiro atoms. The van der Waals surface area contributed by atoms with Crippen LogP contribution in [-0.4, -0.2) is 12.4 Å². The number of Topliss-reactive ketones (excluding diaryl/α,β-unsaturated/α-hetero) is 1. The first-order valence-electron chi connectivity index (χ1n) is 5.93. The molecule has 2 aromatic rings. The third-order valence-corrected chi connectivity index (χ3v) is 3.59. The molecule has 0 atom stereocenters. The average molecular weight is 260 g/mol. The minimum atomic E-state index is 0.154. The Balaban J connectivity index is 1.86. The van der Waals surface area contributed by atoms with Crippen molar-refractivity contribution >= 4 is 17.1 Å². The lowest BCUT2D eigenvalue weighted by atomic mass is 10.1. The van der Waals surface area contributed by atoms with E-state index in [0.717, 1.165) is 21.8 Å². The van der Waals surface area contributed by atoms with Gasteiger partial charge in [0.2, 0.25) is 0 Å². The van der Waals surface area contributed by atoms with E-state index in [-0.39, 0.29) is 5.78 Å². The van der Waals surface area contributed by atoms with Crippen molar-refractivity contribution < 1.29 is 9.53 Å². The molecule has 1 aromatic carbocycles. The highest BCUT2D eigenvalue weighted by atomic mass is 32.1. The van der Waals surface area contributed by atoms with E-state index in [1.807, 2.05) is 49.6 Å². The van der Waals surface area contributed by atoms with E-state index in [4.69, 9.17) is 4.74 Å². The quantitative estimate of drug-likeness (QED) is 0.759. The van der Waals surface area contributed by atoms with Gasteiger partial charge in [-0.25, -0.2) is 0 Å². The highest BCUT2D eigenvalue weighted by molar-refractivity contribution is 7.10. The lowest BCUT2D eigenvalue weighted by Crippen LogP contribution is -2.06. The van der Waals surface area contributed by atoms with Gasteiger partial charge in [-0.1, -0.05) is 12.1 Å². The molecular weight excluding hydrogens is 244 g/mol. The highest BCUT2D eigenvalue weighted by Crippen LogP contribution is 2.17. The number of carbonyl (C=O) groups excluding carboxylic acids is 1. The molecule has 18 heavy (non-hydrogen) atoms. The minimum absolute atomic E-state index is 0.154. The molecule has 2 rings (SSSR count). The summed E-state index contributed by atoms with van der Waals surface area (Å²) in [7, 11) is 0. The van der Waals surface area contributed by atoms with Crippen LogP contribution in [-0.2, 0) is 0 Å². The first kappa shape index (κ1) is 12.8. The van der Waals surface area contributed by atoms with E-state index in [0.29, 0.717) is 13.0 Å². The van der Waals surface area contributed by atoms with Gasteiger partial charge in [-0.2, -0.15) is 0 Å². The Bertz CT molecular complexity index is 543. The summed E-state index contributed by atoms with van der Waals surface area (Å²) >= 11 is 1.60. The second-order valence-electron chi connectivity index (χ2n) is 4.23. The maximum Gasteiger partial charge on any atom is 0.167 e. The first-order chi connectivity index (χ1) is 8.66. The Morgan fingerprint density at radius 1 is 1.28 bits per heavy atom. The molecule has 0 amide bonds. The van der Waals surface area contributed by atoms with Gasteiger partial charge in [0, 0.05) is 16.9 Å². The molecule has 2 nitrogen and oxygen atoms in total. The summed E-state index contributed by atoms with van der Waals surface area (Å²) in [6.45, 7) is 4.42. The zero-order valence-corrected chi connectivity index (χ0v) is 11.4. The maximum atomic E-state index is 11.9. The predicted octanol–water partition coefficient (Wildman–Crippen LogP) is 4.02. The molecule has 0 N–H and O–H groups in total. The highest BCUT2D eigenvalue weighted by Gasteiger charge is 2.09. The maximum absolute atomic E-state index is 11.9. The first-order valence-corrected chi connectivity index (χ1v) is 6.81. The van der Waals surface area contributed by atoms with Crippen LogP contribution in [0.5, 0.6) is 5.75 Å². The molecular formula is C15H16O2S. The summed E-state index contributed by atoms with van der Waals surface area (Å²) in [5, 5.41) is 1.95. The van der Waals surface area contributed by atoms with Crippen LogP contribution in [0, 0.1) is 13.8 Å².